The summed E-state index contributed by atoms with van der Waals surface area (Å²) in [7, 11) is 1.15. The quantitative estimate of drug-likeness (QED) is 0.834. The zero-order chi connectivity index (χ0) is 17.9. The Bertz CT molecular complexity index is 741. The van der Waals surface area contributed by atoms with Crippen molar-refractivity contribution < 1.29 is 27.1 Å². The predicted molar refractivity (Wildman–Crippen MR) is 76.9 cm³/mol. The van der Waals surface area contributed by atoms with Crippen molar-refractivity contribution in [2.45, 2.75) is 32.9 Å². The molecule has 2 aromatic rings. The van der Waals surface area contributed by atoms with E-state index in [2.05, 4.69) is 15.5 Å². The van der Waals surface area contributed by atoms with Gasteiger partial charge in [0.25, 0.3) is 0 Å². The van der Waals surface area contributed by atoms with Crippen molar-refractivity contribution >= 4 is 11.6 Å². The van der Waals surface area contributed by atoms with Crippen molar-refractivity contribution in [2.75, 3.05) is 7.11 Å². The van der Waals surface area contributed by atoms with Crippen LogP contribution in [-0.4, -0.2) is 23.2 Å². The molecule has 1 amide bonds. The van der Waals surface area contributed by atoms with E-state index in [1.807, 2.05) is 0 Å². The molecule has 0 aliphatic heterocycles. The summed E-state index contributed by atoms with van der Waals surface area (Å²) in [5.41, 5.74) is -0.619. The van der Waals surface area contributed by atoms with Crippen LogP contribution in [0.4, 0.5) is 18.9 Å². The molecule has 2 rings (SSSR count). The highest BCUT2D eigenvalue weighted by atomic mass is 19.4. The molecule has 0 aliphatic carbocycles. The van der Waals surface area contributed by atoms with E-state index in [1.54, 1.807) is 13.8 Å². The number of methoxy groups -OCH3 is 1. The molecule has 0 atom stereocenters. The number of amides is 1. The fraction of sp³-hybridized carbons (Fsp3) is 0.400. The third-order valence-corrected chi connectivity index (χ3v) is 3.19. The molecule has 9 heteroatoms. The van der Waals surface area contributed by atoms with Crippen molar-refractivity contribution in [1.82, 2.24) is 15.5 Å². The number of carbonyl (C=O) groups excluding carboxylic acids is 1. The minimum Gasteiger partial charge on any atom is -0.496 e. The van der Waals surface area contributed by atoms with Gasteiger partial charge in [-0.05, 0) is 24.6 Å². The Labute approximate surface area is 136 Å². The Balaban J connectivity index is 2.12. The molecular formula is C15H15F3N3O3. The molecule has 0 N–H and O–H groups in total. The van der Waals surface area contributed by atoms with E-state index in [1.165, 1.54) is 6.07 Å². The highest BCUT2D eigenvalue weighted by Gasteiger charge is 2.35. The second-order valence-electron chi connectivity index (χ2n) is 5.06. The van der Waals surface area contributed by atoms with Gasteiger partial charge in [0.1, 0.15) is 5.75 Å². The number of carbonyl (C=O) groups is 1. The molecule has 0 saturated heterocycles. The molecule has 0 spiro atoms. The summed E-state index contributed by atoms with van der Waals surface area (Å²) in [6.07, 6.45) is -4.48. The highest BCUT2D eigenvalue weighted by Crippen LogP contribution is 2.39. The summed E-state index contributed by atoms with van der Waals surface area (Å²) < 4.78 is 48.9. The minimum absolute atomic E-state index is 0.0464. The number of aryl methyl sites for hydroxylation is 3. The topological polar surface area (TPSA) is 79.3 Å². The minimum atomic E-state index is -4.60. The van der Waals surface area contributed by atoms with E-state index in [0.717, 1.165) is 13.2 Å². The Hall–Kier alpha value is -2.58. The van der Waals surface area contributed by atoms with Crippen LogP contribution in [0.3, 0.4) is 0 Å². The zero-order valence-electron chi connectivity index (χ0n) is 13.3. The predicted octanol–water partition coefficient (Wildman–Crippen LogP) is 3.11. The fourth-order valence-corrected chi connectivity index (χ4v) is 2.02. The van der Waals surface area contributed by atoms with Gasteiger partial charge < -0.3 is 9.15 Å². The molecule has 6 nitrogen and oxygen atoms in total. The van der Waals surface area contributed by atoms with Gasteiger partial charge >= 0.3 is 6.18 Å². The second kappa shape index (κ2) is 6.90. The summed E-state index contributed by atoms with van der Waals surface area (Å²) in [4.78, 5) is 11.9. The van der Waals surface area contributed by atoms with Gasteiger partial charge in [0.15, 0.2) is 0 Å². The largest absolute Gasteiger partial charge is 0.496 e. The van der Waals surface area contributed by atoms with Gasteiger partial charge in [-0.15, -0.1) is 10.2 Å². The third-order valence-electron chi connectivity index (χ3n) is 3.19. The molecule has 0 bridgehead atoms. The number of nitrogens with zero attached hydrogens (tertiary/aromatic N) is 3. The number of benzene rings is 1. The van der Waals surface area contributed by atoms with Crippen molar-refractivity contribution in [3.8, 4) is 5.75 Å². The van der Waals surface area contributed by atoms with E-state index >= 15 is 0 Å². The van der Waals surface area contributed by atoms with E-state index < -0.39 is 17.6 Å². The number of rotatable bonds is 5. The Kier molecular flexibility index (Phi) is 5.10. The average Bonchev–Trinajstić information content (AvgIpc) is 2.91. The molecule has 1 heterocycles. The van der Waals surface area contributed by atoms with Gasteiger partial charge in [0.05, 0.1) is 18.4 Å². The van der Waals surface area contributed by atoms with Crippen LogP contribution < -0.4 is 10.1 Å². The normalized spacial score (nSPS) is 11.4. The number of hydrogen-bond donors (Lipinski definition) is 0. The zero-order valence-corrected chi connectivity index (χ0v) is 13.3. The fourth-order valence-electron chi connectivity index (χ4n) is 2.02. The molecule has 0 fully saturated rings. The van der Waals surface area contributed by atoms with Gasteiger partial charge in [-0.25, -0.2) is 5.32 Å². The Morgan fingerprint density at radius 2 is 2.00 bits per heavy atom. The van der Waals surface area contributed by atoms with Crippen LogP contribution in [0.15, 0.2) is 16.5 Å². The number of hydrogen-bond acceptors (Lipinski definition) is 5. The molecule has 0 aliphatic rings. The van der Waals surface area contributed by atoms with Crippen molar-refractivity contribution in [3.63, 3.8) is 0 Å². The molecule has 129 valence electrons. The first-order valence-corrected chi connectivity index (χ1v) is 7.00. The van der Waals surface area contributed by atoms with Gasteiger partial charge in [0.2, 0.25) is 17.7 Å². The molecule has 1 aromatic heterocycles. The Morgan fingerprint density at radius 3 is 2.54 bits per heavy atom. The second-order valence-corrected chi connectivity index (χ2v) is 5.06. The number of alkyl halides is 3. The summed E-state index contributed by atoms with van der Waals surface area (Å²) in [5, 5.41) is 11.1. The van der Waals surface area contributed by atoms with Crippen molar-refractivity contribution in [2.24, 2.45) is 0 Å². The summed E-state index contributed by atoms with van der Waals surface area (Å²) in [6, 6.07) is 2.01. The first-order valence-electron chi connectivity index (χ1n) is 7.00. The molecular weight excluding hydrogens is 327 g/mol. The molecule has 1 radical (unpaired) electrons. The average molecular weight is 342 g/mol. The lowest BCUT2D eigenvalue weighted by molar-refractivity contribution is -0.138. The van der Waals surface area contributed by atoms with Gasteiger partial charge in [0, 0.05) is 19.8 Å². The van der Waals surface area contributed by atoms with Crippen LogP contribution in [0.2, 0.25) is 0 Å². The third kappa shape index (κ3) is 4.24. The maximum atomic E-state index is 13.0. The lowest BCUT2D eigenvalue weighted by Crippen LogP contribution is -2.14. The summed E-state index contributed by atoms with van der Waals surface area (Å²) in [5.74, 6) is -0.242. The standard InChI is InChI=1S/C15H15F3N3O3/c1-8-6-12(23-3)10(15(16,17)18)7-11(8)19-13(22)4-5-14-21-20-9(2)24-14/h6-7H,4-5H2,1-3H3. The van der Waals surface area contributed by atoms with Gasteiger partial charge in [-0.3, -0.25) is 4.79 Å². The first-order chi connectivity index (χ1) is 11.2. The van der Waals surface area contributed by atoms with Crippen LogP contribution in [0.1, 0.15) is 29.3 Å². The van der Waals surface area contributed by atoms with Crippen LogP contribution in [0.5, 0.6) is 5.75 Å². The first kappa shape index (κ1) is 17.8. The van der Waals surface area contributed by atoms with Gasteiger partial charge in [-0.2, -0.15) is 13.2 Å². The summed E-state index contributed by atoms with van der Waals surface area (Å²) in [6.45, 7) is 3.16. The smallest absolute Gasteiger partial charge is 0.420 e. The number of halogens is 3. The SMILES string of the molecule is COc1cc(C)c([N]C(=O)CCc2nnc(C)o2)cc1C(F)(F)F. The Morgan fingerprint density at radius 1 is 1.29 bits per heavy atom. The lowest BCUT2D eigenvalue weighted by atomic mass is 10.1. The van der Waals surface area contributed by atoms with E-state index in [4.69, 9.17) is 9.15 Å². The number of aromatic nitrogens is 2. The lowest BCUT2D eigenvalue weighted by Gasteiger charge is -2.15. The van der Waals surface area contributed by atoms with Gasteiger partial charge in [-0.1, -0.05) is 0 Å². The molecule has 1 aromatic carbocycles. The molecule has 0 unspecified atom stereocenters. The molecule has 24 heavy (non-hydrogen) atoms. The van der Waals surface area contributed by atoms with Crippen molar-refractivity contribution in [1.29, 1.82) is 0 Å². The number of ether oxygens (including phenoxy) is 1. The maximum Gasteiger partial charge on any atom is 0.420 e. The highest BCUT2D eigenvalue weighted by molar-refractivity contribution is 5.81. The van der Waals surface area contributed by atoms with Crippen LogP contribution >= 0.6 is 0 Å². The van der Waals surface area contributed by atoms with Crippen molar-refractivity contribution in [3.05, 3.63) is 35.0 Å². The van der Waals surface area contributed by atoms with E-state index in [0.29, 0.717) is 11.5 Å². The van der Waals surface area contributed by atoms with Crippen LogP contribution in [0.25, 0.3) is 0 Å². The monoisotopic (exact) mass is 342 g/mol. The molecule has 0 saturated carbocycles. The van der Waals surface area contributed by atoms with Crippen LogP contribution in [0, 0.1) is 13.8 Å². The summed E-state index contributed by atoms with van der Waals surface area (Å²) >= 11 is 0. The van der Waals surface area contributed by atoms with E-state index in [9.17, 15) is 18.0 Å². The van der Waals surface area contributed by atoms with Crippen LogP contribution in [-0.2, 0) is 17.4 Å². The van der Waals surface area contributed by atoms with E-state index in [-0.39, 0.29) is 30.2 Å². The maximum absolute atomic E-state index is 13.0.